The van der Waals surface area contributed by atoms with E-state index in [1.54, 1.807) is 0 Å². The normalized spacial score (nSPS) is 13.4. The molecule has 0 radical (unpaired) electrons. The average Bonchev–Trinajstić information content (AvgIpc) is 3.91. The number of ether oxygens (including phenoxy) is 1. The minimum Gasteiger partial charge on any atom is -0.440 e. The van der Waals surface area contributed by atoms with Crippen molar-refractivity contribution in [2.75, 3.05) is 0 Å². The Kier molecular flexibility index (Phi) is 22.3. The minimum absolute atomic E-state index is 0.228. The Bertz CT molecular complexity index is 2030. The predicted molar refractivity (Wildman–Crippen MR) is 284 cm³/mol. The van der Waals surface area contributed by atoms with Gasteiger partial charge in [-0.05, 0) is 44.9 Å². The maximum atomic E-state index is 14.2. The molecule has 0 unspecified atom stereocenters. The van der Waals surface area contributed by atoms with Gasteiger partial charge in [-0.25, -0.2) is 4.79 Å². The number of carbonyl (C=O) groups excluding carboxylic acids is 1. The zero-order valence-corrected chi connectivity index (χ0v) is 42.7. The maximum absolute atomic E-state index is 14.2. The Hall–Kier alpha value is -3.79. The number of unbranched alkanes of at least 4 members (excludes halogenated alkanes) is 30. The SMILES string of the molecule is CCCCCCCCCCCCCCCCCCn1c(C)c(C2(c3c(C)n(CCCCCCCCCCCCCCCCCC)c4ccccc34)OC(=O)c3ccccc32)c2ccccc21. The summed E-state index contributed by atoms with van der Waals surface area (Å²) in [5, 5.41) is 2.37. The Morgan fingerprint density at radius 1 is 0.394 bits per heavy atom. The lowest BCUT2D eigenvalue weighted by Crippen LogP contribution is -2.31. The summed E-state index contributed by atoms with van der Waals surface area (Å²) in [5.74, 6) is -0.228. The van der Waals surface area contributed by atoms with Gasteiger partial charge in [0.2, 0.25) is 0 Å². The van der Waals surface area contributed by atoms with Gasteiger partial charge in [-0.3, -0.25) is 0 Å². The third-order valence-electron chi connectivity index (χ3n) is 15.4. The van der Waals surface area contributed by atoms with Crippen molar-refractivity contribution in [3.05, 3.63) is 106 Å². The average molecular weight is 897 g/mol. The van der Waals surface area contributed by atoms with Crippen LogP contribution in [0.1, 0.15) is 258 Å². The fourth-order valence-corrected chi connectivity index (χ4v) is 11.7. The third kappa shape index (κ3) is 13.7. The van der Waals surface area contributed by atoms with Gasteiger partial charge in [-0.2, -0.15) is 0 Å². The topological polar surface area (TPSA) is 36.2 Å². The number of aromatic nitrogens is 2. The highest BCUT2D eigenvalue weighted by atomic mass is 16.6. The van der Waals surface area contributed by atoms with Gasteiger partial charge >= 0.3 is 5.97 Å². The fourth-order valence-electron chi connectivity index (χ4n) is 11.7. The van der Waals surface area contributed by atoms with Gasteiger partial charge in [0, 0.05) is 63.0 Å². The number of para-hydroxylation sites is 2. The molecule has 362 valence electrons. The van der Waals surface area contributed by atoms with E-state index in [9.17, 15) is 4.79 Å². The van der Waals surface area contributed by atoms with Gasteiger partial charge in [-0.1, -0.05) is 261 Å². The smallest absolute Gasteiger partial charge is 0.340 e. The van der Waals surface area contributed by atoms with Gasteiger partial charge in [0.25, 0.3) is 0 Å². The Labute approximate surface area is 403 Å². The summed E-state index contributed by atoms with van der Waals surface area (Å²) >= 11 is 0. The van der Waals surface area contributed by atoms with Crippen LogP contribution in [0.3, 0.4) is 0 Å². The van der Waals surface area contributed by atoms with Gasteiger partial charge in [0.1, 0.15) is 0 Å². The molecule has 0 bridgehead atoms. The van der Waals surface area contributed by atoms with Crippen LogP contribution in [-0.4, -0.2) is 15.1 Å². The predicted octanol–water partition coefficient (Wildman–Crippen LogP) is 19.2. The number of esters is 1. The van der Waals surface area contributed by atoms with Gasteiger partial charge in [0.05, 0.1) is 5.56 Å². The molecule has 4 heteroatoms. The molecule has 2 aromatic heterocycles. The second kappa shape index (κ2) is 28.5. The minimum atomic E-state index is -1.05. The highest BCUT2D eigenvalue weighted by molar-refractivity contribution is 6.01. The van der Waals surface area contributed by atoms with Crippen LogP contribution < -0.4 is 0 Å². The van der Waals surface area contributed by atoms with Crippen LogP contribution in [0.5, 0.6) is 0 Å². The van der Waals surface area contributed by atoms with E-state index in [2.05, 4.69) is 97.5 Å². The second-order valence-electron chi connectivity index (χ2n) is 20.5. The molecule has 0 saturated heterocycles. The van der Waals surface area contributed by atoms with Crippen molar-refractivity contribution in [3.8, 4) is 0 Å². The Morgan fingerprint density at radius 2 is 0.697 bits per heavy atom. The fraction of sp³-hybridized carbons (Fsp3) is 0.629. The largest absolute Gasteiger partial charge is 0.440 e. The molecule has 3 heterocycles. The van der Waals surface area contributed by atoms with Crippen molar-refractivity contribution < 1.29 is 9.53 Å². The summed E-state index contributed by atoms with van der Waals surface area (Å²) in [6.07, 6.45) is 43.9. The summed E-state index contributed by atoms with van der Waals surface area (Å²) in [6.45, 7) is 11.1. The van der Waals surface area contributed by atoms with E-state index in [1.165, 1.54) is 226 Å². The number of hydrogen-bond acceptors (Lipinski definition) is 2. The van der Waals surface area contributed by atoms with E-state index in [0.717, 1.165) is 42.6 Å². The van der Waals surface area contributed by atoms with Gasteiger partial charge < -0.3 is 13.9 Å². The van der Waals surface area contributed by atoms with Crippen LogP contribution in [0.15, 0.2) is 72.8 Å². The molecule has 0 amide bonds. The van der Waals surface area contributed by atoms with E-state index in [4.69, 9.17) is 4.74 Å². The molecule has 66 heavy (non-hydrogen) atoms. The number of carbonyl (C=O) groups is 1. The summed E-state index contributed by atoms with van der Waals surface area (Å²) in [4.78, 5) is 14.2. The second-order valence-corrected chi connectivity index (χ2v) is 20.5. The summed E-state index contributed by atoms with van der Waals surface area (Å²) in [6, 6.07) is 26.0. The van der Waals surface area contributed by atoms with Crippen molar-refractivity contribution >= 4 is 27.8 Å². The van der Waals surface area contributed by atoms with Crippen LogP contribution in [0, 0.1) is 13.8 Å². The first-order valence-corrected chi connectivity index (χ1v) is 28.0. The molecule has 1 aliphatic rings. The van der Waals surface area contributed by atoms with E-state index in [-0.39, 0.29) is 5.97 Å². The first-order valence-electron chi connectivity index (χ1n) is 28.0. The zero-order chi connectivity index (χ0) is 46.2. The number of fused-ring (bicyclic) bond motifs is 3. The summed E-state index contributed by atoms with van der Waals surface area (Å²) in [7, 11) is 0. The highest BCUT2D eigenvalue weighted by Gasteiger charge is 2.53. The van der Waals surface area contributed by atoms with Crippen LogP contribution >= 0.6 is 0 Å². The molecule has 1 aliphatic heterocycles. The molecule has 4 nitrogen and oxygen atoms in total. The monoisotopic (exact) mass is 897 g/mol. The molecule has 0 saturated carbocycles. The summed E-state index contributed by atoms with van der Waals surface area (Å²) < 4.78 is 12.1. The molecular weight excluding hydrogens is 805 g/mol. The lowest BCUT2D eigenvalue weighted by atomic mass is 9.77. The van der Waals surface area contributed by atoms with Crippen molar-refractivity contribution in [2.24, 2.45) is 0 Å². The molecular formula is C62H92N2O2. The number of benzene rings is 3. The van der Waals surface area contributed by atoms with Crippen LogP contribution in [0.25, 0.3) is 21.8 Å². The zero-order valence-electron chi connectivity index (χ0n) is 42.7. The number of nitrogens with zero attached hydrogens (tertiary/aromatic N) is 2. The van der Waals surface area contributed by atoms with Gasteiger partial charge in [-0.15, -0.1) is 0 Å². The van der Waals surface area contributed by atoms with Crippen molar-refractivity contribution in [3.63, 3.8) is 0 Å². The molecule has 3 aromatic carbocycles. The first-order chi connectivity index (χ1) is 32.5. The number of cyclic esters (lactones) is 1. The van der Waals surface area contributed by atoms with E-state index < -0.39 is 5.60 Å². The third-order valence-corrected chi connectivity index (χ3v) is 15.4. The number of hydrogen-bond donors (Lipinski definition) is 0. The Morgan fingerprint density at radius 3 is 1.06 bits per heavy atom. The van der Waals surface area contributed by atoms with E-state index in [1.807, 2.05) is 12.1 Å². The van der Waals surface area contributed by atoms with Crippen LogP contribution in [0.2, 0.25) is 0 Å². The molecule has 0 atom stereocenters. The number of aryl methyl sites for hydroxylation is 2. The van der Waals surface area contributed by atoms with Crippen molar-refractivity contribution in [1.29, 1.82) is 0 Å². The van der Waals surface area contributed by atoms with Crippen molar-refractivity contribution in [1.82, 2.24) is 9.13 Å². The molecule has 6 rings (SSSR count). The van der Waals surface area contributed by atoms with Crippen LogP contribution in [-0.2, 0) is 23.4 Å². The first kappa shape index (κ1) is 51.6. The maximum Gasteiger partial charge on any atom is 0.340 e. The lowest BCUT2D eigenvalue weighted by molar-refractivity contribution is 0.0255. The van der Waals surface area contributed by atoms with Gasteiger partial charge in [0.15, 0.2) is 5.60 Å². The van der Waals surface area contributed by atoms with Crippen molar-refractivity contribution in [2.45, 2.75) is 252 Å². The molecule has 5 aromatic rings. The molecule has 0 N–H and O–H groups in total. The van der Waals surface area contributed by atoms with E-state index in [0.29, 0.717) is 5.56 Å². The molecule has 0 aliphatic carbocycles. The van der Waals surface area contributed by atoms with Crippen LogP contribution in [0.4, 0.5) is 0 Å². The lowest BCUT2D eigenvalue weighted by Gasteiger charge is -2.31. The number of rotatable bonds is 36. The molecule has 0 fully saturated rings. The standard InChI is InChI=1S/C62H92N2O2/c1-5-7-9-11-13-15-17-19-21-23-25-27-29-31-33-41-49-63-51(3)59(54-44-36-39-47-57(54)63)62(56-46-38-35-43-53(56)61(65)66-62)60-52(4)64(58-48-40-37-45-55(58)60)50-42-34-32-30-28-26-24-22-20-18-16-14-12-10-8-6-2/h35-40,43-48H,5-34,41-42,49-50H2,1-4H3. The quantitative estimate of drug-likeness (QED) is 0.0297. The summed E-state index contributed by atoms with van der Waals surface area (Å²) in [5.41, 5.74) is 7.73. The Balaban J connectivity index is 1.08. The highest BCUT2D eigenvalue weighted by Crippen LogP contribution is 2.54. The molecule has 0 spiro atoms. The van der Waals surface area contributed by atoms with E-state index >= 15 is 0 Å².